The third-order valence-electron chi connectivity index (χ3n) is 1.79. The molecule has 1 fully saturated rings. The quantitative estimate of drug-likeness (QED) is 0.533. The fraction of sp³-hybridized carbons (Fsp3) is 0.500. The fourth-order valence-corrected chi connectivity index (χ4v) is 1.08. The number of hydrogen-bond acceptors (Lipinski definition) is 2. The van der Waals surface area contributed by atoms with E-state index in [1.54, 1.807) is 20.0 Å². The van der Waals surface area contributed by atoms with Crippen LogP contribution >= 0.6 is 0 Å². The van der Waals surface area contributed by atoms with Gasteiger partial charge >= 0.3 is 6.03 Å². The van der Waals surface area contributed by atoms with E-state index in [1.807, 2.05) is 0 Å². The largest absolute Gasteiger partial charge is 0.326 e. The first-order valence-electron chi connectivity index (χ1n) is 3.86. The van der Waals surface area contributed by atoms with Crippen LogP contribution in [0.15, 0.2) is 12.2 Å². The van der Waals surface area contributed by atoms with Crippen molar-refractivity contribution >= 4 is 11.9 Å². The van der Waals surface area contributed by atoms with Crippen molar-refractivity contribution in [3.63, 3.8) is 0 Å². The second kappa shape index (κ2) is 3.38. The van der Waals surface area contributed by atoms with Gasteiger partial charge in [0.1, 0.15) is 0 Å². The molecule has 1 aliphatic heterocycles. The molecule has 0 aliphatic carbocycles. The average molecular weight is 168 g/mol. The van der Waals surface area contributed by atoms with E-state index in [-0.39, 0.29) is 11.9 Å². The van der Waals surface area contributed by atoms with Gasteiger partial charge in [-0.15, -0.1) is 0 Å². The lowest BCUT2D eigenvalue weighted by Gasteiger charge is -2.11. The molecule has 0 unspecified atom stereocenters. The zero-order chi connectivity index (χ0) is 9.14. The van der Waals surface area contributed by atoms with Crippen molar-refractivity contribution in [2.75, 3.05) is 20.1 Å². The fourth-order valence-electron chi connectivity index (χ4n) is 1.08. The van der Waals surface area contributed by atoms with Crippen LogP contribution in [-0.2, 0) is 4.79 Å². The lowest BCUT2D eigenvalue weighted by atomic mass is 10.4. The molecule has 1 saturated heterocycles. The van der Waals surface area contributed by atoms with Crippen LogP contribution in [0.5, 0.6) is 0 Å². The molecule has 1 rings (SSSR count). The summed E-state index contributed by atoms with van der Waals surface area (Å²) in [5.74, 6) is -0.230. The number of hydrogen-bond donors (Lipinski definition) is 0. The van der Waals surface area contributed by atoms with Crippen molar-refractivity contribution in [1.82, 2.24) is 9.80 Å². The summed E-state index contributed by atoms with van der Waals surface area (Å²) >= 11 is 0. The number of likely N-dealkylation sites (N-methyl/N-ethyl adjacent to an activating group) is 1. The number of urea groups is 1. The van der Waals surface area contributed by atoms with Crippen LogP contribution in [0.4, 0.5) is 4.79 Å². The molecule has 0 spiro atoms. The number of nitrogens with zero attached hydrogens (tertiary/aromatic N) is 2. The molecule has 4 heteroatoms. The summed E-state index contributed by atoms with van der Waals surface area (Å²) in [5.41, 5.74) is 0. The minimum absolute atomic E-state index is 0.210. The Bertz CT molecular complexity index is 235. The second-order valence-corrected chi connectivity index (χ2v) is 2.69. The number of carbonyl (C=O) groups excluding carboxylic acids is 2. The van der Waals surface area contributed by atoms with Gasteiger partial charge in [0.2, 0.25) is 0 Å². The number of rotatable bonds is 1. The zero-order valence-corrected chi connectivity index (χ0v) is 7.28. The lowest BCUT2D eigenvalue weighted by Crippen LogP contribution is -2.33. The predicted octanol–water partition coefficient (Wildman–Crippen LogP) is 0.457. The van der Waals surface area contributed by atoms with Gasteiger partial charge in [-0.25, -0.2) is 4.79 Å². The molecule has 0 bridgehead atoms. The molecule has 0 N–H and O–H groups in total. The van der Waals surface area contributed by atoms with Crippen molar-refractivity contribution in [1.29, 1.82) is 0 Å². The highest BCUT2D eigenvalue weighted by Gasteiger charge is 2.28. The standard InChI is InChI=1S/C8H12N2O2/c1-3-4-7(11)10-6-5-9(2)8(10)12/h3-4H,5-6H2,1-2H3/b4-3+. The summed E-state index contributed by atoms with van der Waals surface area (Å²) in [4.78, 5) is 25.2. The van der Waals surface area contributed by atoms with E-state index in [2.05, 4.69) is 0 Å². The molecular formula is C8H12N2O2. The predicted molar refractivity (Wildman–Crippen MR) is 44.6 cm³/mol. The SMILES string of the molecule is C/C=C/C(=O)N1CCN(C)C1=O. The maximum Gasteiger partial charge on any atom is 0.326 e. The van der Waals surface area contributed by atoms with Gasteiger partial charge in [-0.1, -0.05) is 6.08 Å². The normalized spacial score (nSPS) is 18.0. The van der Waals surface area contributed by atoms with Crippen molar-refractivity contribution in [2.24, 2.45) is 0 Å². The Morgan fingerprint density at radius 1 is 1.50 bits per heavy atom. The van der Waals surface area contributed by atoms with Crippen molar-refractivity contribution in [3.8, 4) is 0 Å². The number of imide groups is 1. The van der Waals surface area contributed by atoms with E-state index >= 15 is 0 Å². The van der Waals surface area contributed by atoms with Gasteiger partial charge in [-0.2, -0.15) is 0 Å². The summed E-state index contributed by atoms with van der Waals surface area (Å²) < 4.78 is 0. The average Bonchev–Trinajstić information content (AvgIpc) is 2.34. The summed E-state index contributed by atoms with van der Waals surface area (Å²) in [5, 5.41) is 0. The first-order valence-corrected chi connectivity index (χ1v) is 3.86. The molecule has 12 heavy (non-hydrogen) atoms. The highest BCUT2D eigenvalue weighted by molar-refractivity contribution is 6.01. The van der Waals surface area contributed by atoms with Gasteiger partial charge in [0.25, 0.3) is 5.91 Å². The van der Waals surface area contributed by atoms with E-state index < -0.39 is 0 Å². The third kappa shape index (κ3) is 1.47. The van der Waals surface area contributed by atoms with E-state index in [4.69, 9.17) is 0 Å². The van der Waals surface area contributed by atoms with Crippen molar-refractivity contribution in [2.45, 2.75) is 6.92 Å². The Morgan fingerprint density at radius 3 is 2.58 bits per heavy atom. The number of amides is 3. The summed E-state index contributed by atoms with van der Waals surface area (Å²) in [6.45, 7) is 2.88. The van der Waals surface area contributed by atoms with Gasteiger partial charge in [0, 0.05) is 20.1 Å². The van der Waals surface area contributed by atoms with Crippen molar-refractivity contribution < 1.29 is 9.59 Å². The highest BCUT2D eigenvalue weighted by Crippen LogP contribution is 2.06. The third-order valence-corrected chi connectivity index (χ3v) is 1.79. The lowest BCUT2D eigenvalue weighted by molar-refractivity contribution is -0.122. The van der Waals surface area contributed by atoms with Gasteiger partial charge in [0.05, 0.1) is 0 Å². The van der Waals surface area contributed by atoms with E-state index in [9.17, 15) is 9.59 Å². The van der Waals surface area contributed by atoms with E-state index in [0.717, 1.165) is 0 Å². The second-order valence-electron chi connectivity index (χ2n) is 2.69. The summed E-state index contributed by atoms with van der Waals surface area (Å²) in [6, 6.07) is -0.210. The maximum atomic E-state index is 11.2. The molecule has 1 aliphatic rings. The Kier molecular flexibility index (Phi) is 2.47. The summed E-state index contributed by atoms with van der Waals surface area (Å²) in [6.07, 6.45) is 3.03. The first-order chi connectivity index (χ1) is 5.66. The molecule has 0 saturated carbocycles. The maximum absolute atomic E-state index is 11.2. The Hall–Kier alpha value is -1.32. The van der Waals surface area contributed by atoms with Crippen LogP contribution in [0.25, 0.3) is 0 Å². The minimum atomic E-state index is -0.230. The molecule has 4 nitrogen and oxygen atoms in total. The van der Waals surface area contributed by atoms with Crippen LogP contribution in [-0.4, -0.2) is 41.9 Å². The molecule has 1 heterocycles. The molecular weight excluding hydrogens is 156 g/mol. The molecule has 0 atom stereocenters. The molecule has 0 radical (unpaired) electrons. The van der Waals surface area contributed by atoms with Crippen LogP contribution in [0.3, 0.4) is 0 Å². The van der Waals surface area contributed by atoms with Crippen LogP contribution in [0.2, 0.25) is 0 Å². The molecule has 0 aromatic heterocycles. The topological polar surface area (TPSA) is 40.6 Å². The monoisotopic (exact) mass is 168 g/mol. The van der Waals surface area contributed by atoms with Gasteiger partial charge in [0.15, 0.2) is 0 Å². The van der Waals surface area contributed by atoms with Gasteiger partial charge in [-0.05, 0) is 13.0 Å². The van der Waals surface area contributed by atoms with Crippen LogP contribution in [0.1, 0.15) is 6.92 Å². The first kappa shape index (κ1) is 8.77. The van der Waals surface area contributed by atoms with E-state index in [0.29, 0.717) is 13.1 Å². The zero-order valence-electron chi connectivity index (χ0n) is 7.28. The van der Waals surface area contributed by atoms with Crippen LogP contribution in [0, 0.1) is 0 Å². The smallest absolute Gasteiger partial charge is 0.326 e. The van der Waals surface area contributed by atoms with Gasteiger partial charge in [-0.3, -0.25) is 9.69 Å². The number of carbonyl (C=O) groups is 2. The van der Waals surface area contributed by atoms with Crippen molar-refractivity contribution in [3.05, 3.63) is 12.2 Å². The molecule has 0 aromatic carbocycles. The molecule has 3 amide bonds. The Morgan fingerprint density at radius 2 is 2.17 bits per heavy atom. The minimum Gasteiger partial charge on any atom is -0.326 e. The molecule has 0 aromatic rings. The Labute approximate surface area is 71.4 Å². The summed E-state index contributed by atoms with van der Waals surface area (Å²) in [7, 11) is 1.69. The van der Waals surface area contributed by atoms with E-state index in [1.165, 1.54) is 15.9 Å². The highest BCUT2D eigenvalue weighted by atomic mass is 16.2. The van der Waals surface area contributed by atoms with Crippen LogP contribution < -0.4 is 0 Å². The number of allylic oxidation sites excluding steroid dienone is 1. The Balaban J connectivity index is 2.66. The van der Waals surface area contributed by atoms with Gasteiger partial charge < -0.3 is 4.90 Å². The molecule has 66 valence electrons.